The van der Waals surface area contributed by atoms with Crippen LogP contribution in [0.15, 0.2) is 18.2 Å². The number of aromatic hydroxyl groups is 1. The van der Waals surface area contributed by atoms with E-state index in [0.717, 1.165) is 6.07 Å². The third kappa shape index (κ3) is 4.17. The Morgan fingerprint density at radius 3 is 2.37 bits per heavy atom. The van der Waals surface area contributed by atoms with Crippen molar-refractivity contribution in [1.82, 2.24) is 5.32 Å². The van der Waals surface area contributed by atoms with Crippen molar-refractivity contribution in [2.45, 2.75) is 26.8 Å². The van der Waals surface area contributed by atoms with Gasteiger partial charge in [0.15, 0.2) is 0 Å². The Morgan fingerprint density at radius 1 is 1.21 bits per heavy atom. The minimum Gasteiger partial charge on any atom is -0.508 e. The highest BCUT2D eigenvalue weighted by atomic mass is 16.4. The van der Waals surface area contributed by atoms with E-state index in [0.29, 0.717) is 0 Å². The number of carbonyl (C=O) groups excluding carboxylic acids is 1. The number of aromatic carboxylic acids is 1. The molecule has 0 spiro atoms. The Kier molecular flexibility index (Phi) is 4.74. The largest absolute Gasteiger partial charge is 0.508 e. The van der Waals surface area contributed by atoms with Crippen molar-refractivity contribution in [2.24, 2.45) is 5.92 Å². The van der Waals surface area contributed by atoms with E-state index in [2.05, 4.69) is 10.6 Å². The molecule has 0 aliphatic heterocycles. The highest BCUT2D eigenvalue weighted by Gasteiger charge is 2.15. The van der Waals surface area contributed by atoms with Crippen molar-refractivity contribution < 1.29 is 19.8 Å². The second-order valence-electron chi connectivity index (χ2n) is 4.67. The molecule has 0 heterocycles. The molecule has 6 nitrogen and oxygen atoms in total. The first-order chi connectivity index (χ1) is 8.81. The van der Waals surface area contributed by atoms with Crippen LogP contribution >= 0.6 is 0 Å². The van der Waals surface area contributed by atoms with Gasteiger partial charge < -0.3 is 20.8 Å². The van der Waals surface area contributed by atoms with Crippen LogP contribution < -0.4 is 10.6 Å². The van der Waals surface area contributed by atoms with Crippen LogP contribution in [0, 0.1) is 5.92 Å². The maximum Gasteiger partial charge on any atom is 0.337 e. The Hall–Kier alpha value is -2.24. The first-order valence-corrected chi connectivity index (χ1v) is 5.95. The van der Waals surface area contributed by atoms with E-state index >= 15 is 0 Å². The summed E-state index contributed by atoms with van der Waals surface area (Å²) in [5.41, 5.74) is -0.0221. The summed E-state index contributed by atoms with van der Waals surface area (Å²) in [4.78, 5) is 22.7. The lowest BCUT2D eigenvalue weighted by atomic mass is 10.1. The van der Waals surface area contributed by atoms with Gasteiger partial charge in [0.1, 0.15) is 5.75 Å². The number of benzene rings is 1. The zero-order chi connectivity index (χ0) is 14.6. The molecule has 0 aliphatic rings. The van der Waals surface area contributed by atoms with E-state index in [1.807, 2.05) is 20.8 Å². The van der Waals surface area contributed by atoms with Crippen molar-refractivity contribution in [3.8, 4) is 5.75 Å². The zero-order valence-corrected chi connectivity index (χ0v) is 11.1. The first kappa shape index (κ1) is 14.8. The third-order valence-corrected chi connectivity index (χ3v) is 2.84. The van der Waals surface area contributed by atoms with Crippen LogP contribution in [0.5, 0.6) is 5.75 Å². The Bertz CT molecular complexity index is 486. The lowest BCUT2D eigenvalue weighted by molar-refractivity contribution is 0.0697. The summed E-state index contributed by atoms with van der Waals surface area (Å²) in [6, 6.07) is 3.23. The molecule has 19 heavy (non-hydrogen) atoms. The number of phenols is 1. The standard InChI is InChI=1S/C13H18N2O4/c1-7(2)8(3)14-13(19)15-11-5-4-9(16)6-10(11)12(17)18/h4-8,16H,1-3H3,(H,17,18)(H2,14,15,19). The van der Waals surface area contributed by atoms with Gasteiger partial charge in [0.05, 0.1) is 11.3 Å². The van der Waals surface area contributed by atoms with Gasteiger partial charge in [0.25, 0.3) is 0 Å². The average molecular weight is 266 g/mol. The number of anilines is 1. The number of carboxylic acid groups (broad SMARTS) is 1. The maximum atomic E-state index is 11.7. The predicted octanol–water partition coefficient (Wildman–Crippen LogP) is 2.26. The van der Waals surface area contributed by atoms with E-state index in [1.54, 1.807) is 0 Å². The quantitative estimate of drug-likeness (QED) is 0.628. The summed E-state index contributed by atoms with van der Waals surface area (Å²) >= 11 is 0. The molecule has 2 amide bonds. The predicted molar refractivity (Wildman–Crippen MR) is 71.5 cm³/mol. The Morgan fingerprint density at radius 2 is 1.84 bits per heavy atom. The van der Waals surface area contributed by atoms with Crippen molar-refractivity contribution in [3.63, 3.8) is 0 Å². The van der Waals surface area contributed by atoms with E-state index < -0.39 is 12.0 Å². The molecule has 0 saturated heterocycles. The number of amides is 2. The van der Waals surface area contributed by atoms with Crippen molar-refractivity contribution >= 4 is 17.7 Å². The molecule has 0 aliphatic carbocycles. The number of urea groups is 1. The highest BCUT2D eigenvalue weighted by molar-refractivity contribution is 6.00. The van der Waals surface area contributed by atoms with Gasteiger partial charge in [-0.2, -0.15) is 0 Å². The molecule has 1 atom stereocenters. The van der Waals surface area contributed by atoms with Crippen LogP contribution in [-0.4, -0.2) is 28.3 Å². The maximum absolute atomic E-state index is 11.7. The molecular weight excluding hydrogens is 248 g/mol. The number of hydrogen-bond donors (Lipinski definition) is 4. The number of hydrogen-bond acceptors (Lipinski definition) is 3. The zero-order valence-electron chi connectivity index (χ0n) is 11.1. The van der Waals surface area contributed by atoms with Crippen LogP contribution in [-0.2, 0) is 0 Å². The van der Waals surface area contributed by atoms with E-state index in [-0.39, 0.29) is 29.0 Å². The smallest absolute Gasteiger partial charge is 0.337 e. The number of carboxylic acids is 1. The lowest BCUT2D eigenvalue weighted by Crippen LogP contribution is -2.39. The fourth-order valence-electron chi connectivity index (χ4n) is 1.35. The van der Waals surface area contributed by atoms with Crippen LogP contribution in [0.25, 0.3) is 0 Å². The number of carbonyl (C=O) groups is 2. The minimum absolute atomic E-state index is 0.0367. The van der Waals surface area contributed by atoms with Gasteiger partial charge in [-0.05, 0) is 31.0 Å². The van der Waals surface area contributed by atoms with Gasteiger partial charge in [-0.25, -0.2) is 9.59 Å². The minimum atomic E-state index is -1.22. The molecule has 6 heteroatoms. The molecule has 1 unspecified atom stereocenters. The molecule has 1 rings (SSSR count). The van der Waals surface area contributed by atoms with Gasteiger partial charge in [0.2, 0.25) is 0 Å². The monoisotopic (exact) mass is 266 g/mol. The van der Waals surface area contributed by atoms with Gasteiger partial charge in [-0.1, -0.05) is 13.8 Å². The summed E-state index contributed by atoms with van der Waals surface area (Å²) < 4.78 is 0. The van der Waals surface area contributed by atoms with E-state index in [1.165, 1.54) is 12.1 Å². The molecular formula is C13H18N2O4. The molecule has 4 N–H and O–H groups in total. The fraction of sp³-hybridized carbons (Fsp3) is 0.385. The van der Waals surface area contributed by atoms with Crippen molar-refractivity contribution in [1.29, 1.82) is 0 Å². The lowest BCUT2D eigenvalue weighted by Gasteiger charge is -2.18. The Balaban J connectivity index is 2.82. The fourth-order valence-corrected chi connectivity index (χ4v) is 1.35. The second kappa shape index (κ2) is 6.08. The summed E-state index contributed by atoms with van der Waals surface area (Å²) in [6.07, 6.45) is 0. The SMILES string of the molecule is CC(C)C(C)NC(=O)Nc1ccc(O)cc1C(=O)O. The van der Waals surface area contributed by atoms with Crippen molar-refractivity contribution in [2.75, 3.05) is 5.32 Å². The van der Waals surface area contributed by atoms with Crippen LogP contribution in [0.2, 0.25) is 0 Å². The number of rotatable bonds is 4. The molecule has 0 radical (unpaired) electrons. The molecule has 1 aromatic rings. The Labute approximate surface area is 111 Å². The molecule has 0 bridgehead atoms. The second-order valence-corrected chi connectivity index (χ2v) is 4.67. The molecule has 0 fully saturated rings. The van der Waals surface area contributed by atoms with Gasteiger partial charge >= 0.3 is 12.0 Å². The summed E-state index contributed by atoms with van der Waals surface area (Å²) in [5.74, 6) is -1.12. The normalized spacial score (nSPS) is 12.0. The highest BCUT2D eigenvalue weighted by Crippen LogP contribution is 2.21. The topological polar surface area (TPSA) is 98.7 Å². The van der Waals surface area contributed by atoms with Gasteiger partial charge in [0, 0.05) is 6.04 Å². The van der Waals surface area contributed by atoms with Crippen LogP contribution in [0.3, 0.4) is 0 Å². The van der Waals surface area contributed by atoms with E-state index in [4.69, 9.17) is 5.11 Å². The molecule has 1 aromatic carbocycles. The van der Waals surface area contributed by atoms with Crippen LogP contribution in [0.1, 0.15) is 31.1 Å². The molecule has 104 valence electrons. The van der Waals surface area contributed by atoms with E-state index in [9.17, 15) is 14.7 Å². The average Bonchev–Trinajstić information content (AvgIpc) is 2.30. The summed E-state index contributed by atoms with van der Waals surface area (Å²) in [7, 11) is 0. The molecule has 0 aromatic heterocycles. The number of phenolic OH excluding ortho intramolecular Hbond substituents is 1. The van der Waals surface area contributed by atoms with Crippen molar-refractivity contribution in [3.05, 3.63) is 23.8 Å². The summed E-state index contributed by atoms with van der Waals surface area (Å²) in [5, 5.41) is 23.4. The van der Waals surface area contributed by atoms with Gasteiger partial charge in [-0.3, -0.25) is 0 Å². The first-order valence-electron chi connectivity index (χ1n) is 5.95. The summed E-state index contributed by atoms with van der Waals surface area (Å²) in [6.45, 7) is 5.79. The molecule has 0 saturated carbocycles. The van der Waals surface area contributed by atoms with Gasteiger partial charge in [-0.15, -0.1) is 0 Å². The number of nitrogens with one attached hydrogen (secondary N) is 2. The third-order valence-electron chi connectivity index (χ3n) is 2.84. The van der Waals surface area contributed by atoms with Crippen LogP contribution in [0.4, 0.5) is 10.5 Å².